The van der Waals surface area contributed by atoms with Crippen LogP contribution in [-0.4, -0.2) is 62.5 Å². The number of fused-ring (bicyclic) bond motifs is 1. The molecule has 0 saturated carbocycles. The Labute approximate surface area is 180 Å². The number of halogens is 3. The molecule has 2 aliphatic rings. The van der Waals surface area contributed by atoms with Crippen molar-refractivity contribution in [3.63, 3.8) is 0 Å². The zero-order valence-corrected chi connectivity index (χ0v) is 17.1. The van der Waals surface area contributed by atoms with E-state index in [1.165, 1.54) is 11.3 Å². The summed E-state index contributed by atoms with van der Waals surface area (Å²) in [6, 6.07) is 7.92. The van der Waals surface area contributed by atoms with Gasteiger partial charge in [0.25, 0.3) is 5.91 Å². The molecule has 2 saturated heterocycles. The molecule has 2 fully saturated rings. The molecule has 31 heavy (non-hydrogen) atoms. The van der Waals surface area contributed by atoms with Crippen LogP contribution in [0.4, 0.5) is 13.2 Å². The van der Waals surface area contributed by atoms with Gasteiger partial charge in [-0.1, -0.05) is 12.1 Å². The molecule has 0 aliphatic carbocycles. The first-order valence-electron chi connectivity index (χ1n) is 9.51. The van der Waals surface area contributed by atoms with Crippen molar-refractivity contribution in [2.75, 3.05) is 6.54 Å². The van der Waals surface area contributed by atoms with E-state index >= 15 is 0 Å². The molecule has 2 aromatic heterocycles. The first kappa shape index (κ1) is 22.7. The van der Waals surface area contributed by atoms with Crippen LogP contribution in [0, 0.1) is 0 Å². The van der Waals surface area contributed by atoms with E-state index in [0.29, 0.717) is 13.0 Å². The highest BCUT2D eigenvalue weighted by Crippen LogP contribution is 2.33. The Morgan fingerprint density at radius 2 is 1.94 bits per heavy atom. The van der Waals surface area contributed by atoms with E-state index in [4.69, 9.17) is 9.90 Å². The molecule has 11 heteroatoms. The number of amides is 2. The molecule has 166 valence electrons. The van der Waals surface area contributed by atoms with Crippen molar-refractivity contribution in [2.24, 2.45) is 0 Å². The van der Waals surface area contributed by atoms with E-state index in [2.05, 4.69) is 4.98 Å². The van der Waals surface area contributed by atoms with Crippen LogP contribution < -0.4 is 0 Å². The number of piperidine rings is 1. The Hall–Kier alpha value is -2.95. The van der Waals surface area contributed by atoms with Crippen LogP contribution in [0.3, 0.4) is 0 Å². The monoisotopic (exact) mass is 455 g/mol. The topological polar surface area (TPSA) is 90.8 Å². The number of carbonyl (C=O) groups is 3. The molecule has 0 unspecified atom stereocenters. The lowest BCUT2D eigenvalue weighted by Crippen LogP contribution is -2.52. The number of aliphatic carboxylic acids is 1. The van der Waals surface area contributed by atoms with Gasteiger partial charge in [0.1, 0.15) is 0 Å². The molecule has 2 aliphatic heterocycles. The number of rotatable bonds is 3. The molecule has 0 aromatic carbocycles. The standard InChI is InChI=1S/C18H19N3O2S.C2HF3O2/c22-17-6-5-14-15(21(17)12-13-3-1-8-19-11-13)7-9-20(14)18(23)16-4-2-10-24-16;3-2(4,5)1(6)7/h1-4,8,10-11,14-15H,5-7,9,12H2;(H,6,7)/t14-,15-;/m0./s1. The summed E-state index contributed by atoms with van der Waals surface area (Å²) in [5.74, 6) is -2.47. The third-order valence-corrected chi connectivity index (χ3v) is 6.05. The molecular formula is C20H20F3N3O4S. The first-order chi connectivity index (χ1) is 14.7. The van der Waals surface area contributed by atoms with Gasteiger partial charge >= 0.3 is 12.1 Å². The van der Waals surface area contributed by atoms with Gasteiger partial charge in [-0.05, 0) is 35.9 Å². The van der Waals surface area contributed by atoms with Gasteiger partial charge in [-0.25, -0.2) is 4.79 Å². The minimum absolute atomic E-state index is 0.105. The minimum Gasteiger partial charge on any atom is -0.475 e. The largest absolute Gasteiger partial charge is 0.490 e. The van der Waals surface area contributed by atoms with Crippen LogP contribution in [0.2, 0.25) is 0 Å². The fourth-order valence-corrected chi connectivity index (χ4v) is 4.52. The van der Waals surface area contributed by atoms with Crippen molar-refractivity contribution in [2.45, 2.75) is 44.1 Å². The summed E-state index contributed by atoms with van der Waals surface area (Å²) in [6.45, 7) is 1.30. The van der Waals surface area contributed by atoms with Crippen molar-refractivity contribution in [3.8, 4) is 0 Å². The fraction of sp³-hybridized carbons (Fsp3) is 0.400. The predicted molar refractivity (Wildman–Crippen MR) is 105 cm³/mol. The molecule has 0 radical (unpaired) electrons. The average molecular weight is 455 g/mol. The molecule has 4 heterocycles. The summed E-state index contributed by atoms with van der Waals surface area (Å²) in [5, 5.41) is 9.06. The summed E-state index contributed by atoms with van der Waals surface area (Å²) in [6.07, 6.45) is 0.593. The molecule has 2 aromatic rings. The molecular weight excluding hydrogens is 435 g/mol. The van der Waals surface area contributed by atoms with Crippen LogP contribution >= 0.6 is 11.3 Å². The number of thiophene rings is 1. The van der Waals surface area contributed by atoms with E-state index in [1.807, 2.05) is 39.4 Å². The Kier molecular flexibility index (Phi) is 6.94. The number of hydrogen-bond donors (Lipinski definition) is 1. The fourth-order valence-electron chi connectivity index (χ4n) is 3.84. The summed E-state index contributed by atoms with van der Waals surface area (Å²) >= 11 is 1.48. The number of carboxylic acid groups (broad SMARTS) is 1. The summed E-state index contributed by atoms with van der Waals surface area (Å²) in [4.78, 5) is 42.9. The van der Waals surface area contributed by atoms with Gasteiger partial charge in [-0.3, -0.25) is 14.6 Å². The number of pyridine rings is 1. The maximum Gasteiger partial charge on any atom is 0.490 e. The van der Waals surface area contributed by atoms with Crippen molar-refractivity contribution in [3.05, 3.63) is 52.5 Å². The van der Waals surface area contributed by atoms with Crippen molar-refractivity contribution >= 4 is 29.1 Å². The molecule has 0 bridgehead atoms. The normalized spacial score (nSPS) is 20.7. The number of carboxylic acids is 1. The van der Waals surface area contributed by atoms with Crippen LogP contribution in [-0.2, 0) is 16.1 Å². The number of alkyl halides is 3. The smallest absolute Gasteiger partial charge is 0.475 e. The van der Waals surface area contributed by atoms with Crippen LogP contribution in [0.5, 0.6) is 0 Å². The molecule has 2 amide bonds. The maximum atomic E-state index is 12.7. The highest BCUT2D eigenvalue weighted by molar-refractivity contribution is 7.12. The van der Waals surface area contributed by atoms with Gasteiger partial charge in [0.15, 0.2) is 0 Å². The second kappa shape index (κ2) is 9.46. The number of nitrogens with zero attached hydrogens (tertiary/aromatic N) is 3. The number of carbonyl (C=O) groups excluding carboxylic acids is 2. The number of hydrogen-bond acceptors (Lipinski definition) is 5. The summed E-state index contributed by atoms with van der Waals surface area (Å²) in [5.41, 5.74) is 1.04. The van der Waals surface area contributed by atoms with Gasteiger partial charge in [0.2, 0.25) is 5.91 Å². The molecule has 1 N–H and O–H groups in total. The van der Waals surface area contributed by atoms with E-state index < -0.39 is 12.1 Å². The van der Waals surface area contributed by atoms with Gasteiger partial charge < -0.3 is 14.9 Å². The van der Waals surface area contributed by atoms with Crippen molar-refractivity contribution in [1.82, 2.24) is 14.8 Å². The predicted octanol–water partition coefficient (Wildman–Crippen LogP) is 3.18. The van der Waals surface area contributed by atoms with Gasteiger partial charge in [-0.15, -0.1) is 11.3 Å². The molecule has 0 spiro atoms. The van der Waals surface area contributed by atoms with E-state index in [9.17, 15) is 22.8 Å². The highest BCUT2D eigenvalue weighted by Gasteiger charge is 2.45. The molecule has 2 atom stereocenters. The van der Waals surface area contributed by atoms with Gasteiger partial charge in [-0.2, -0.15) is 13.2 Å². The lowest BCUT2D eigenvalue weighted by Gasteiger charge is -2.39. The van der Waals surface area contributed by atoms with E-state index in [-0.39, 0.29) is 23.9 Å². The second-order valence-corrected chi connectivity index (χ2v) is 8.07. The quantitative estimate of drug-likeness (QED) is 0.768. The Balaban J connectivity index is 0.000000339. The Bertz CT molecular complexity index is 922. The lowest BCUT2D eigenvalue weighted by molar-refractivity contribution is -0.192. The summed E-state index contributed by atoms with van der Waals surface area (Å²) < 4.78 is 31.7. The Morgan fingerprint density at radius 3 is 2.52 bits per heavy atom. The Morgan fingerprint density at radius 1 is 1.19 bits per heavy atom. The number of aromatic nitrogens is 1. The van der Waals surface area contributed by atoms with E-state index in [0.717, 1.165) is 29.8 Å². The van der Waals surface area contributed by atoms with Crippen molar-refractivity contribution in [1.29, 1.82) is 0 Å². The van der Waals surface area contributed by atoms with Gasteiger partial charge in [0.05, 0.1) is 17.0 Å². The van der Waals surface area contributed by atoms with Crippen LogP contribution in [0.15, 0.2) is 42.0 Å². The second-order valence-electron chi connectivity index (χ2n) is 7.12. The molecule has 7 nitrogen and oxygen atoms in total. The third-order valence-electron chi connectivity index (χ3n) is 5.20. The lowest BCUT2D eigenvalue weighted by atomic mass is 9.95. The summed E-state index contributed by atoms with van der Waals surface area (Å²) in [7, 11) is 0. The average Bonchev–Trinajstić information content (AvgIpc) is 3.40. The van der Waals surface area contributed by atoms with E-state index in [1.54, 1.807) is 12.4 Å². The van der Waals surface area contributed by atoms with Crippen LogP contribution in [0.25, 0.3) is 0 Å². The van der Waals surface area contributed by atoms with Gasteiger partial charge in [0, 0.05) is 31.9 Å². The zero-order chi connectivity index (χ0) is 22.6. The first-order valence-corrected chi connectivity index (χ1v) is 10.4. The SMILES string of the molecule is O=C(O)C(F)(F)F.O=C1CC[C@H]2[C@H](CCN2C(=O)c2cccs2)N1Cc1cccnc1. The zero-order valence-electron chi connectivity index (χ0n) is 16.3. The van der Waals surface area contributed by atoms with Crippen LogP contribution in [0.1, 0.15) is 34.5 Å². The highest BCUT2D eigenvalue weighted by atomic mass is 32.1. The van der Waals surface area contributed by atoms with Crippen molar-refractivity contribution < 1.29 is 32.7 Å². The third kappa shape index (κ3) is 5.40. The molecule has 4 rings (SSSR count). The number of likely N-dealkylation sites (tertiary alicyclic amines) is 2. The minimum atomic E-state index is -5.08. The maximum absolute atomic E-state index is 12.7.